The van der Waals surface area contributed by atoms with Crippen molar-refractivity contribution in [2.24, 2.45) is 5.92 Å². The van der Waals surface area contributed by atoms with Gasteiger partial charge in [0.05, 0.1) is 18.5 Å². The summed E-state index contributed by atoms with van der Waals surface area (Å²) < 4.78 is 40.6. The van der Waals surface area contributed by atoms with Crippen molar-refractivity contribution in [1.82, 2.24) is 14.5 Å². The standard InChI is InChI=1S/C24H25F2N5O5/c1-35-19-13(24(33)34)5-4-6-14(19)27-15-11-16(29-23(32)12-8-9-12)28-21-18(15)30-22(20(25)26)31(21)17-7-2-3-10-36-17/h4-6,11-12,17,20H,2-3,7-10H2,1H3,(H,33,34)(H2,27,28,29,32). The van der Waals surface area contributed by atoms with E-state index in [2.05, 4.69) is 20.6 Å². The first kappa shape index (κ1) is 23.9. The number of anilines is 3. The van der Waals surface area contributed by atoms with Gasteiger partial charge in [-0.05, 0) is 44.2 Å². The lowest BCUT2D eigenvalue weighted by atomic mass is 10.1. The fourth-order valence-corrected chi connectivity index (χ4v) is 4.35. The van der Waals surface area contributed by atoms with Crippen LogP contribution in [-0.2, 0) is 9.53 Å². The van der Waals surface area contributed by atoms with Crippen LogP contribution in [0.25, 0.3) is 11.2 Å². The van der Waals surface area contributed by atoms with Gasteiger partial charge in [0, 0.05) is 18.6 Å². The Balaban J connectivity index is 1.67. The number of carbonyl (C=O) groups excluding carboxylic acids is 1. The Bertz CT molecular complexity index is 1320. The van der Waals surface area contributed by atoms with E-state index in [4.69, 9.17) is 9.47 Å². The van der Waals surface area contributed by atoms with Crippen molar-refractivity contribution in [3.8, 4) is 5.75 Å². The summed E-state index contributed by atoms with van der Waals surface area (Å²) in [6.45, 7) is 0.426. The van der Waals surface area contributed by atoms with Crippen LogP contribution in [-0.4, -0.2) is 45.2 Å². The van der Waals surface area contributed by atoms with Crippen molar-refractivity contribution < 1.29 is 33.0 Å². The van der Waals surface area contributed by atoms with Crippen LogP contribution in [0.15, 0.2) is 24.3 Å². The Morgan fingerprint density at radius 2 is 2.00 bits per heavy atom. The molecule has 1 atom stereocenters. The van der Waals surface area contributed by atoms with E-state index in [0.29, 0.717) is 13.0 Å². The predicted octanol–water partition coefficient (Wildman–Crippen LogP) is 4.87. The second-order valence-electron chi connectivity index (χ2n) is 8.77. The fourth-order valence-electron chi connectivity index (χ4n) is 4.35. The van der Waals surface area contributed by atoms with Crippen LogP contribution in [0.3, 0.4) is 0 Å². The number of nitrogens with zero attached hydrogens (tertiary/aromatic N) is 3. The number of aromatic nitrogens is 3. The maximum Gasteiger partial charge on any atom is 0.339 e. The Kier molecular flexibility index (Phi) is 6.44. The number of methoxy groups -OCH3 is 1. The van der Waals surface area contributed by atoms with Crippen molar-refractivity contribution in [2.45, 2.75) is 44.8 Å². The molecule has 0 radical (unpaired) electrons. The molecule has 3 heterocycles. The number of carboxylic acids is 1. The number of rotatable bonds is 8. The molecule has 2 fully saturated rings. The van der Waals surface area contributed by atoms with E-state index in [1.54, 1.807) is 6.07 Å². The maximum atomic E-state index is 14.1. The number of nitrogens with one attached hydrogen (secondary N) is 2. The molecule has 190 valence electrons. The third-order valence-corrected chi connectivity index (χ3v) is 6.23. The van der Waals surface area contributed by atoms with Gasteiger partial charge in [0.1, 0.15) is 23.1 Å². The molecule has 0 bridgehead atoms. The zero-order chi connectivity index (χ0) is 25.4. The van der Waals surface area contributed by atoms with Gasteiger partial charge in [-0.25, -0.2) is 23.5 Å². The minimum Gasteiger partial charge on any atom is -0.494 e. The van der Waals surface area contributed by atoms with Crippen LogP contribution in [0, 0.1) is 5.92 Å². The number of fused-ring (bicyclic) bond motifs is 1. The number of imidazole rings is 1. The zero-order valence-corrected chi connectivity index (χ0v) is 19.5. The summed E-state index contributed by atoms with van der Waals surface area (Å²) >= 11 is 0. The molecule has 3 aromatic rings. The van der Waals surface area contributed by atoms with E-state index in [0.717, 1.165) is 25.7 Å². The Hall–Kier alpha value is -3.80. The fraction of sp³-hybridized carbons (Fsp3) is 0.417. The summed E-state index contributed by atoms with van der Waals surface area (Å²) in [6.07, 6.45) is 0.136. The summed E-state index contributed by atoms with van der Waals surface area (Å²) in [6, 6.07) is 6.00. The molecule has 1 saturated carbocycles. The number of hydrogen-bond donors (Lipinski definition) is 3. The largest absolute Gasteiger partial charge is 0.494 e. The number of amides is 1. The van der Waals surface area contributed by atoms with Gasteiger partial charge in [-0.15, -0.1) is 0 Å². The van der Waals surface area contributed by atoms with E-state index in [1.807, 2.05) is 0 Å². The lowest BCUT2D eigenvalue weighted by Crippen LogP contribution is -2.21. The van der Waals surface area contributed by atoms with Gasteiger partial charge in [0.15, 0.2) is 17.2 Å². The summed E-state index contributed by atoms with van der Waals surface area (Å²) in [5.74, 6) is -1.77. The lowest BCUT2D eigenvalue weighted by Gasteiger charge is -2.25. The average Bonchev–Trinajstić information content (AvgIpc) is 3.64. The van der Waals surface area contributed by atoms with Crippen LogP contribution < -0.4 is 15.4 Å². The monoisotopic (exact) mass is 501 g/mol. The van der Waals surface area contributed by atoms with Crippen molar-refractivity contribution in [2.75, 3.05) is 24.4 Å². The quantitative estimate of drug-likeness (QED) is 0.399. The molecule has 1 amide bonds. The van der Waals surface area contributed by atoms with E-state index < -0.39 is 24.4 Å². The normalized spacial score (nSPS) is 17.8. The van der Waals surface area contributed by atoms with Gasteiger partial charge in [-0.1, -0.05) is 6.07 Å². The third kappa shape index (κ3) is 4.55. The highest BCUT2D eigenvalue weighted by molar-refractivity contribution is 5.98. The molecule has 0 spiro atoms. The number of pyridine rings is 1. The van der Waals surface area contributed by atoms with E-state index in [9.17, 15) is 23.5 Å². The molecule has 3 N–H and O–H groups in total. The smallest absolute Gasteiger partial charge is 0.339 e. The van der Waals surface area contributed by atoms with Crippen molar-refractivity contribution in [3.63, 3.8) is 0 Å². The van der Waals surface area contributed by atoms with Crippen molar-refractivity contribution in [3.05, 3.63) is 35.7 Å². The number of para-hydroxylation sites is 1. The highest BCUT2D eigenvalue weighted by atomic mass is 19.3. The third-order valence-electron chi connectivity index (χ3n) is 6.23. The van der Waals surface area contributed by atoms with Gasteiger partial charge >= 0.3 is 5.97 Å². The van der Waals surface area contributed by atoms with Gasteiger partial charge in [0.2, 0.25) is 5.91 Å². The average molecular weight is 501 g/mol. The second kappa shape index (κ2) is 9.69. The molecular weight excluding hydrogens is 476 g/mol. The summed E-state index contributed by atoms with van der Waals surface area (Å²) in [5, 5.41) is 15.4. The van der Waals surface area contributed by atoms with Gasteiger partial charge in [0.25, 0.3) is 6.43 Å². The maximum absolute atomic E-state index is 14.1. The number of carbonyl (C=O) groups is 2. The molecule has 36 heavy (non-hydrogen) atoms. The van der Waals surface area contributed by atoms with Crippen LogP contribution in [0.5, 0.6) is 5.75 Å². The molecule has 2 aliphatic rings. The minimum atomic E-state index is -2.90. The number of carboxylic acid groups (broad SMARTS) is 1. The number of benzene rings is 1. The molecule has 1 aromatic carbocycles. The highest BCUT2D eigenvalue weighted by Crippen LogP contribution is 2.39. The first-order valence-corrected chi connectivity index (χ1v) is 11.7. The van der Waals surface area contributed by atoms with Crippen LogP contribution in [0.2, 0.25) is 0 Å². The Morgan fingerprint density at radius 1 is 1.19 bits per heavy atom. The van der Waals surface area contributed by atoms with Crippen molar-refractivity contribution >= 4 is 40.2 Å². The van der Waals surface area contributed by atoms with Crippen LogP contribution >= 0.6 is 0 Å². The van der Waals surface area contributed by atoms with Gasteiger partial charge in [-0.3, -0.25) is 9.36 Å². The molecular formula is C24H25F2N5O5. The molecule has 2 aromatic heterocycles. The van der Waals surface area contributed by atoms with E-state index >= 15 is 0 Å². The number of ether oxygens (including phenoxy) is 2. The highest BCUT2D eigenvalue weighted by Gasteiger charge is 2.32. The Labute approximate surface area is 204 Å². The van der Waals surface area contributed by atoms with Crippen molar-refractivity contribution in [1.29, 1.82) is 0 Å². The zero-order valence-electron chi connectivity index (χ0n) is 19.5. The lowest BCUT2D eigenvalue weighted by molar-refractivity contribution is -0.117. The van der Waals surface area contributed by atoms with Crippen LogP contribution in [0.4, 0.5) is 26.0 Å². The first-order valence-electron chi connectivity index (χ1n) is 11.7. The molecule has 1 aliphatic heterocycles. The SMILES string of the molecule is COc1c(Nc2cc(NC(=O)C3CC3)nc3c2nc(C(F)F)n3C2CCCCO2)cccc1C(=O)O. The number of hydrogen-bond acceptors (Lipinski definition) is 7. The predicted molar refractivity (Wildman–Crippen MR) is 126 cm³/mol. The summed E-state index contributed by atoms with van der Waals surface area (Å²) in [4.78, 5) is 32.8. The molecule has 1 saturated heterocycles. The molecule has 1 aliphatic carbocycles. The number of halogens is 2. The summed E-state index contributed by atoms with van der Waals surface area (Å²) in [5.41, 5.74) is 0.715. The number of alkyl halides is 2. The van der Waals surface area contributed by atoms with Crippen LogP contribution in [0.1, 0.15) is 60.9 Å². The Morgan fingerprint density at radius 3 is 2.64 bits per heavy atom. The molecule has 5 rings (SSSR count). The van der Waals surface area contributed by atoms with Gasteiger partial charge < -0.3 is 25.2 Å². The van der Waals surface area contributed by atoms with E-state index in [1.165, 1.54) is 29.9 Å². The topological polar surface area (TPSA) is 128 Å². The second-order valence-corrected chi connectivity index (χ2v) is 8.77. The van der Waals surface area contributed by atoms with E-state index in [-0.39, 0.29) is 51.5 Å². The molecule has 1 unspecified atom stereocenters. The van der Waals surface area contributed by atoms with Gasteiger partial charge in [-0.2, -0.15) is 0 Å². The number of aromatic carboxylic acids is 1. The molecule has 12 heteroatoms. The summed E-state index contributed by atoms with van der Waals surface area (Å²) in [7, 11) is 1.33. The minimum absolute atomic E-state index is 0.0580. The first-order chi connectivity index (χ1) is 17.4. The molecule has 10 nitrogen and oxygen atoms in total.